The van der Waals surface area contributed by atoms with Gasteiger partial charge in [-0.2, -0.15) is 17.7 Å². The average molecular weight is 264 g/mol. The van der Waals surface area contributed by atoms with Crippen LogP contribution in [0.1, 0.15) is 5.69 Å². The first-order valence-electron chi connectivity index (χ1n) is 5.55. The molecule has 1 heterocycles. The van der Waals surface area contributed by atoms with Crippen LogP contribution in [0.3, 0.4) is 0 Å². The topological polar surface area (TPSA) is 36.3 Å². The van der Waals surface area contributed by atoms with Gasteiger partial charge >= 0.3 is 0 Å². The maximum absolute atomic E-state index is 5.30. The molecule has 0 bridgehead atoms. The maximum Gasteiger partial charge on any atom is 0.161 e. The summed E-state index contributed by atoms with van der Waals surface area (Å²) in [5.41, 5.74) is 3.02. The lowest BCUT2D eigenvalue weighted by Gasteiger charge is -2.09. The normalized spacial score (nSPS) is 10.4. The Morgan fingerprint density at radius 2 is 1.89 bits per heavy atom. The van der Waals surface area contributed by atoms with Crippen molar-refractivity contribution in [2.24, 2.45) is 7.05 Å². The maximum atomic E-state index is 5.30. The van der Waals surface area contributed by atoms with Gasteiger partial charge in [0.2, 0.25) is 0 Å². The van der Waals surface area contributed by atoms with Gasteiger partial charge in [-0.05, 0) is 24.3 Å². The number of methoxy groups -OCH3 is 2. The van der Waals surface area contributed by atoms with E-state index in [9.17, 15) is 0 Å². The zero-order chi connectivity index (χ0) is 13.1. The first kappa shape index (κ1) is 12.8. The van der Waals surface area contributed by atoms with E-state index in [-0.39, 0.29) is 0 Å². The van der Waals surface area contributed by atoms with E-state index in [2.05, 4.69) is 17.7 Å². The minimum atomic E-state index is 0.626. The highest BCUT2D eigenvalue weighted by Crippen LogP contribution is 2.32. The quantitative estimate of drug-likeness (QED) is 0.862. The van der Waals surface area contributed by atoms with Gasteiger partial charge in [0.15, 0.2) is 11.5 Å². The number of nitrogens with zero attached hydrogens (tertiary/aromatic N) is 2. The summed E-state index contributed by atoms with van der Waals surface area (Å²) in [6, 6.07) is 7.84. The minimum absolute atomic E-state index is 0.626. The number of aromatic nitrogens is 2. The molecule has 0 radical (unpaired) electrons. The third kappa shape index (κ3) is 2.31. The number of aryl methyl sites for hydroxylation is 1. The molecule has 0 amide bonds. The van der Waals surface area contributed by atoms with E-state index in [4.69, 9.17) is 9.47 Å². The summed E-state index contributed by atoms with van der Waals surface area (Å²) in [4.78, 5) is 0. The fraction of sp³-hybridized carbons (Fsp3) is 0.308. The van der Waals surface area contributed by atoms with E-state index in [1.54, 1.807) is 14.2 Å². The third-order valence-electron chi connectivity index (χ3n) is 2.77. The number of ether oxygens (including phenoxy) is 2. The van der Waals surface area contributed by atoms with Crippen LogP contribution in [0.2, 0.25) is 0 Å². The molecule has 1 aromatic carbocycles. The number of hydrogen-bond acceptors (Lipinski definition) is 4. The van der Waals surface area contributed by atoms with Gasteiger partial charge in [0.05, 0.1) is 25.6 Å². The highest BCUT2D eigenvalue weighted by Gasteiger charge is 2.10. The van der Waals surface area contributed by atoms with Crippen LogP contribution in [0.15, 0.2) is 24.3 Å². The van der Waals surface area contributed by atoms with E-state index >= 15 is 0 Å². The van der Waals surface area contributed by atoms with Crippen molar-refractivity contribution < 1.29 is 9.47 Å². The van der Waals surface area contributed by atoms with Crippen LogP contribution in [-0.4, -0.2) is 24.0 Å². The molecule has 0 aliphatic heterocycles. The third-order valence-corrected chi connectivity index (χ3v) is 3.10. The van der Waals surface area contributed by atoms with E-state index < -0.39 is 0 Å². The van der Waals surface area contributed by atoms with Crippen molar-refractivity contribution in [3.05, 3.63) is 30.0 Å². The van der Waals surface area contributed by atoms with Gasteiger partial charge < -0.3 is 9.47 Å². The highest BCUT2D eigenvalue weighted by molar-refractivity contribution is 7.79. The number of hydrogen-bond donors (Lipinski definition) is 1. The molecule has 0 unspecified atom stereocenters. The molecule has 5 heteroatoms. The van der Waals surface area contributed by atoms with E-state index in [0.717, 1.165) is 22.7 Å². The molecule has 0 aliphatic carbocycles. The monoisotopic (exact) mass is 264 g/mol. The van der Waals surface area contributed by atoms with Crippen molar-refractivity contribution in [2.75, 3.05) is 14.2 Å². The second-order valence-electron chi connectivity index (χ2n) is 3.87. The first-order chi connectivity index (χ1) is 8.69. The largest absolute Gasteiger partial charge is 0.493 e. The Balaban J connectivity index is 2.47. The molecule has 1 aromatic heterocycles. The van der Waals surface area contributed by atoms with Crippen molar-refractivity contribution in [2.45, 2.75) is 5.75 Å². The summed E-state index contributed by atoms with van der Waals surface area (Å²) in [6.07, 6.45) is 0. The summed E-state index contributed by atoms with van der Waals surface area (Å²) in [7, 11) is 5.17. The van der Waals surface area contributed by atoms with Crippen LogP contribution in [-0.2, 0) is 12.8 Å². The molecular formula is C13H16N2O2S. The number of benzene rings is 1. The number of rotatable bonds is 4. The molecule has 18 heavy (non-hydrogen) atoms. The summed E-state index contributed by atoms with van der Waals surface area (Å²) in [5.74, 6) is 2.06. The molecule has 0 saturated heterocycles. The molecule has 0 N–H and O–H groups in total. The lowest BCUT2D eigenvalue weighted by atomic mass is 10.1. The van der Waals surface area contributed by atoms with Crippen LogP contribution in [0, 0.1) is 0 Å². The van der Waals surface area contributed by atoms with Crippen molar-refractivity contribution in [3.8, 4) is 22.8 Å². The smallest absolute Gasteiger partial charge is 0.161 e. The SMILES string of the molecule is COc1ccc(-c2cc(CS)nn2C)cc1OC. The van der Waals surface area contributed by atoms with Crippen LogP contribution >= 0.6 is 12.6 Å². The molecule has 0 saturated carbocycles. The zero-order valence-corrected chi connectivity index (χ0v) is 11.6. The Bertz CT molecular complexity index is 552. The van der Waals surface area contributed by atoms with Gasteiger partial charge in [-0.25, -0.2) is 0 Å². The van der Waals surface area contributed by atoms with E-state index in [1.807, 2.05) is 36.0 Å². The van der Waals surface area contributed by atoms with Crippen molar-refractivity contribution in [1.82, 2.24) is 9.78 Å². The van der Waals surface area contributed by atoms with Crippen LogP contribution in [0.5, 0.6) is 11.5 Å². The lowest BCUT2D eigenvalue weighted by Crippen LogP contribution is -1.95. The Morgan fingerprint density at radius 1 is 1.17 bits per heavy atom. The summed E-state index contributed by atoms with van der Waals surface area (Å²) >= 11 is 4.23. The van der Waals surface area contributed by atoms with E-state index in [1.165, 1.54) is 0 Å². The molecule has 2 aromatic rings. The Hall–Kier alpha value is -1.62. The Kier molecular flexibility index (Phi) is 3.81. The van der Waals surface area contributed by atoms with Gasteiger partial charge in [-0.15, -0.1) is 0 Å². The predicted molar refractivity (Wildman–Crippen MR) is 74.4 cm³/mol. The van der Waals surface area contributed by atoms with Crippen LogP contribution < -0.4 is 9.47 Å². The standard InChI is InChI=1S/C13H16N2O2S/c1-15-11(7-10(8-18)14-15)9-4-5-12(16-2)13(6-9)17-3/h4-7,18H,8H2,1-3H3. The van der Waals surface area contributed by atoms with Gasteiger partial charge in [-0.1, -0.05) is 0 Å². The second-order valence-corrected chi connectivity index (χ2v) is 4.19. The lowest BCUT2D eigenvalue weighted by molar-refractivity contribution is 0.355. The summed E-state index contributed by atoms with van der Waals surface area (Å²) in [6.45, 7) is 0. The zero-order valence-electron chi connectivity index (χ0n) is 10.7. The molecule has 2 rings (SSSR count). The Morgan fingerprint density at radius 3 is 2.44 bits per heavy atom. The molecule has 0 atom stereocenters. The molecule has 0 aliphatic rings. The first-order valence-corrected chi connectivity index (χ1v) is 6.19. The van der Waals surface area contributed by atoms with Gasteiger partial charge in [0.1, 0.15) is 0 Å². The minimum Gasteiger partial charge on any atom is -0.493 e. The van der Waals surface area contributed by atoms with Crippen molar-refractivity contribution >= 4 is 12.6 Å². The second kappa shape index (κ2) is 5.35. The van der Waals surface area contributed by atoms with Crippen LogP contribution in [0.25, 0.3) is 11.3 Å². The molecule has 96 valence electrons. The Labute approximate surface area is 112 Å². The molecular weight excluding hydrogens is 248 g/mol. The summed E-state index contributed by atoms with van der Waals surface area (Å²) < 4.78 is 12.4. The van der Waals surface area contributed by atoms with Crippen molar-refractivity contribution in [3.63, 3.8) is 0 Å². The highest BCUT2D eigenvalue weighted by atomic mass is 32.1. The van der Waals surface area contributed by atoms with Gasteiger partial charge in [0.25, 0.3) is 0 Å². The van der Waals surface area contributed by atoms with Crippen molar-refractivity contribution in [1.29, 1.82) is 0 Å². The fourth-order valence-corrected chi connectivity index (χ4v) is 2.02. The van der Waals surface area contributed by atoms with Gasteiger partial charge in [0, 0.05) is 18.4 Å². The summed E-state index contributed by atoms with van der Waals surface area (Å²) in [5, 5.41) is 4.37. The average Bonchev–Trinajstić information content (AvgIpc) is 2.79. The van der Waals surface area contributed by atoms with Gasteiger partial charge in [-0.3, -0.25) is 4.68 Å². The number of thiol groups is 1. The van der Waals surface area contributed by atoms with Crippen LogP contribution in [0.4, 0.5) is 0 Å². The molecule has 0 fully saturated rings. The molecule has 4 nitrogen and oxygen atoms in total. The predicted octanol–water partition coefficient (Wildman–Crippen LogP) is 2.53. The fourth-order valence-electron chi connectivity index (χ4n) is 1.87. The van der Waals surface area contributed by atoms with E-state index in [0.29, 0.717) is 11.5 Å². The molecule has 0 spiro atoms.